The molecule has 3 N–H and O–H groups in total. The van der Waals surface area contributed by atoms with Crippen LogP contribution < -0.4 is 15.5 Å². The topological polar surface area (TPSA) is 98.7 Å². The number of carboxylic acids is 1. The maximum Gasteiger partial charge on any atom is 0.416 e. The molecule has 0 aromatic heterocycles. The molecule has 1 aliphatic carbocycles. The second-order valence-electron chi connectivity index (χ2n) is 9.86. The fourth-order valence-electron chi connectivity index (χ4n) is 4.58. The van der Waals surface area contributed by atoms with Crippen LogP contribution in [-0.4, -0.2) is 29.6 Å². The molecule has 0 atom stereocenters. The first-order valence-electron chi connectivity index (χ1n) is 13.3. The summed E-state index contributed by atoms with van der Waals surface area (Å²) in [6.07, 6.45) is 1.69. The van der Waals surface area contributed by atoms with E-state index in [1.54, 1.807) is 36.4 Å². The molecule has 220 valence electrons. The Hall–Kier alpha value is -4.12. The smallest absolute Gasteiger partial charge is 0.416 e. The van der Waals surface area contributed by atoms with Crippen LogP contribution in [0, 0.1) is 0 Å². The van der Waals surface area contributed by atoms with E-state index in [2.05, 4.69) is 32.6 Å². The molecule has 0 radical (unpaired) electrons. The Morgan fingerprint density at radius 3 is 2.29 bits per heavy atom. The molecular formula is C31H29BrF3N3O4. The van der Waals surface area contributed by atoms with Crippen molar-refractivity contribution in [1.82, 2.24) is 5.32 Å². The van der Waals surface area contributed by atoms with Crippen LogP contribution in [0.25, 0.3) is 5.57 Å². The SMILES string of the molecule is O=C(O)CCNC(=O)c1ccc(CN(C(=O)Nc2cc(Br)cc(C(F)(F)F)c2)c2ccc(C3=CCCCC3)cc2)cc1. The zero-order chi connectivity index (χ0) is 30.3. The molecule has 0 saturated carbocycles. The second-order valence-corrected chi connectivity index (χ2v) is 10.8. The summed E-state index contributed by atoms with van der Waals surface area (Å²) in [7, 11) is 0. The lowest BCUT2D eigenvalue weighted by Gasteiger charge is -2.24. The number of alkyl halides is 3. The normalized spacial score (nSPS) is 13.2. The van der Waals surface area contributed by atoms with Gasteiger partial charge in [-0.05, 0) is 84.8 Å². The third kappa shape index (κ3) is 8.45. The molecule has 0 unspecified atom stereocenters. The summed E-state index contributed by atoms with van der Waals surface area (Å²) in [5.41, 5.74) is 2.89. The molecule has 0 saturated heterocycles. The van der Waals surface area contributed by atoms with Crippen molar-refractivity contribution in [3.05, 3.63) is 99.5 Å². The fourth-order valence-corrected chi connectivity index (χ4v) is 5.07. The highest BCUT2D eigenvalue weighted by Crippen LogP contribution is 2.34. The van der Waals surface area contributed by atoms with Gasteiger partial charge in [0.25, 0.3) is 5.91 Å². The number of amides is 3. The van der Waals surface area contributed by atoms with Crippen molar-refractivity contribution in [3.63, 3.8) is 0 Å². The summed E-state index contributed by atoms with van der Waals surface area (Å²) >= 11 is 3.09. The third-order valence-electron chi connectivity index (χ3n) is 6.74. The standard InChI is InChI=1S/C31H29BrF3N3O4/c32-25-16-24(31(33,34)35)17-26(18-25)37-30(42)38(27-12-10-22(11-13-27)21-4-2-1-3-5-21)19-20-6-8-23(9-7-20)29(41)36-15-14-28(39)40/h4,6-13,16-18H,1-3,5,14-15,19H2,(H,36,41)(H,37,42)(H,39,40). The number of allylic oxidation sites excluding steroid dienone is 2. The summed E-state index contributed by atoms with van der Waals surface area (Å²) in [5, 5.41) is 13.9. The number of hydrogen-bond acceptors (Lipinski definition) is 3. The minimum atomic E-state index is -4.59. The van der Waals surface area contributed by atoms with Gasteiger partial charge in [0.2, 0.25) is 0 Å². The predicted octanol–water partition coefficient (Wildman–Crippen LogP) is 7.87. The Balaban J connectivity index is 1.57. The van der Waals surface area contributed by atoms with Gasteiger partial charge >= 0.3 is 18.2 Å². The van der Waals surface area contributed by atoms with Gasteiger partial charge in [-0.3, -0.25) is 14.5 Å². The number of nitrogens with one attached hydrogen (secondary N) is 2. The first-order valence-corrected chi connectivity index (χ1v) is 14.1. The van der Waals surface area contributed by atoms with Crippen molar-refractivity contribution in [2.45, 2.75) is 44.8 Å². The van der Waals surface area contributed by atoms with Gasteiger partial charge in [0.05, 0.1) is 18.5 Å². The van der Waals surface area contributed by atoms with E-state index in [0.717, 1.165) is 43.4 Å². The number of benzene rings is 3. The summed E-state index contributed by atoms with van der Waals surface area (Å²) < 4.78 is 40.3. The van der Waals surface area contributed by atoms with Crippen LogP contribution >= 0.6 is 15.9 Å². The fraction of sp³-hybridized carbons (Fsp3) is 0.258. The van der Waals surface area contributed by atoms with Crippen LogP contribution in [0.3, 0.4) is 0 Å². The van der Waals surface area contributed by atoms with Crippen LogP contribution in [-0.2, 0) is 17.5 Å². The van der Waals surface area contributed by atoms with E-state index < -0.39 is 29.6 Å². The van der Waals surface area contributed by atoms with Crippen molar-refractivity contribution in [1.29, 1.82) is 0 Å². The molecule has 0 spiro atoms. The van der Waals surface area contributed by atoms with E-state index in [9.17, 15) is 27.6 Å². The number of halogens is 4. The number of aliphatic carboxylic acids is 1. The summed E-state index contributed by atoms with van der Waals surface area (Å²) in [6.45, 7) is 0.0529. The average Bonchev–Trinajstić information content (AvgIpc) is 2.96. The summed E-state index contributed by atoms with van der Waals surface area (Å²) in [6, 6.07) is 16.5. The van der Waals surface area contributed by atoms with Crippen molar-refractivity contribution < 1.29 is 32.7 Å². The van der Waals surface area contributed by atoms with Crippen molar-refractivity contribution in [3.8, 4) is 0 Å². The van der Waals surface area contributed by atoms with Gasteiger partial charge < -0.3 is 15.7 Å². The van der Waals surface area contributed by atoms with Crippen LogP contribution in [0.1, 0.15) is 59.2 Å². The highest BCUT2D eigenvalue weighted by Gasteiger charge is 2.31. The Morgan fingerprint density at radius 2 is 1.67 bits per heavy atom. The highest BCUT2D eigenvalue weighted by atomic mass is 79.9. The molecule has 3 aromatic carbocycles. The first kappa shape index (κ1) is 30.8. The van der Waals surface area contributed by atoms with Crippen molar-refractivity contribution in [2.75, 3.05) is 16.8 Å². The zero-order valence-corrected chi connectivity index (χ0v) is 24.1. The van der Waals surface area contributed by atoms with Crippen molar-refractivity contribution in [2.24, 2.45) is 0 Å². The molecule has 0 fully saturated rings. The first-order chi connectivity index (χ1) is 20.0. The molecule has 4 rings (SSSR count). The Labute approximate surface area is 249 Å². The lowest BCUT2D eigenvalue weighted by atomic mass is 9.93. The molecule has 7 nitrogen and oxygen atoms in total. The van der Waals surface area contributed by atoms with Gasteiger partial charge in [-0.1, -0.05) is 46.3 Å². The molecule has 0 heterocycles. The number of hydrogen-bond donors (Lipinski definition) is 3. The molecule has 0 bridgehead atoms. The molecule has 3 aromatic rings. The maximum absolute atomic E-state index is 13.5. The van der Waals surface area contributed by atoms with Gasteiger partial charge in [-0.15, -0.1) is 0 Å². The minimum Gasteiger partial charge on any atom is -0.481 e. The van der Waals surface area contributed by atoms with E-state index >= 15 is 0 Å². The second kappa shape index (κ2) is 13.7. The number of anilines is 2. The zero-order valence-electron chi connectivity index (χ0n) is 22.5. The molecule has 3 amide bonds. The Morgan fingerprint density at radius 1 is 0.952 bits per heavy atom. The molecular weight excluding hydrogens is 615 g/mol. The minimum absolute atomic E-state index is 0.0115. The quantitative estimate of drug-likeness (QED) is 0.221. The van der Waals surface area contributed by atoms with Gasteiger partial charge in [-0.2, -0.15) is 13.2 Å². The van der Waals surface area contributed by atoms with Gasteiger partial charge in [0.1, 0.15) is 0 Å². The number of nitrogens with zero attached hydrogens (tertiary/aromatic N) is 1. The number of carbonyl (C=O) groups is 3. The molecule has 1 aliphatic rings. The molecule has 0 aliphatic heterocycles. The summed E-state index contributed by atoms with van der Waals surface area (Å²) in [4.78, 5) is 37.9. The van der Waals surface area contributed by atoms with Crippen LogP contribution in [0.4, 0.5) is 29.3 Å². The van der Waals surface area contributed by atoms with Gasteiger partial charge in [0, 0.05) is 28.0 Å². The van der Waals surface area contributed by atoms with E-state index in [1.165, 1.54) is 16.5 Å². The third-order valence-corrected chi connectivity index (χ3v) is 7.20. The average molecular weight is 644 g/mol. The Bertz CT molecular complexity index is 1470. The van der Waals surface area contributed by atoms with Gasteiger partial charge in [-0.25, -0.2) is 4.79 Å². The largest absolute Gasteiger partial charge is 0.481 e. The van der Waals surface area contributed by atoms with Crippen molar-refractivity contribution >= 4 is 50.8 Å². The predicted molar refractivity (Wildman–Crippen MR) is 158 cm³/mol. The van der Waals surface area contributed by atoms with E-state index in [0.29, 0.717) is 16.8 Å². The monoisotopic (exact) mass is 643 g/mol. The van der Waals surface area contributed by atoms with Crippen LogP contribution in [0.2, 0.25) is 0 Å². The van der Waals surface area contributed by atoms with E-state index in [4.69, 9.17) is 5.11 Å². The van der Waals surface area contributed by atoms with E-state index in [1.807, 2.05) is 12.1 Å². The number of urea groups is 1. The molecule has 42 heavy (non-hydrogen) atoms. The lowest BCUT2D eigenvalue weighted by Crippen LogP contribution is -2.34. The molecule has 11 heteroatoms. The Kier molecular flexibility index (Phi) is 10.1. The lowest BCUT2D eigenvalue weighted by molar-refractivity contribution is -0.138. The van der Waals surface area contributed by atoms with Gasteiger partial charge in [0.15, 0.2) is 0 Å². The number of carboxylic acid groups (broad SMARTS) is 1. The summed E-state index contributed by atoms with van der Waals surface area (Å²) in [5.74, 6) is -1.45. The number of rotatable bonds is 9. The highest BCUT2D eigenvalue weighted by molar-refractivity contribution is 9.10. The van der Waals surface area contributed by atoms with Crippen LogP contribution in [0.15, 0.2) is 77.3 Å². The number of carbonyl (C=O) groups excluding carboxylic acids is 2. The maximum atomic E-state index is 13.5. The van der Waals surface area contributed by atoms with Crippen LogP contribution in [0.5, 0.6) is 0 Å². The van der Waals surface area contributed by atoms with E-state index in [-0.39, 0.29) is 29.7 Å².